The highest BCUT2D eigenvalue weighted by atomic mass is 32.2. The number of H-pyrrole nitrogens is 1. The van der Waals surface area contributed by atoms with Gasteiger partial charge in [0.15, 0.2) is 23.1 Å². The normalized spacial score (nSPS) is 16.0. The Balaban J connectivity index is 1.91. The molecule has 0 bridgehead atoms. The van der Waals surface area contributed by atoms with Crippen molar-refractivity contribution < 1.29 is 77.7 Å². The molecule has 10 atom stereocenters. The number of Topliss-reactive ketones (excluding diaryl/α,β-unsaturated/α-hetero) is 5. The Bertz CT molecular complexity index is 2360. The van der Waals surface area contributed by atoms with Crippen LogP contribution in [0.2, 0.25) is 0 Å². The molecule has 0 unspecified atom stereocenters. The van der Waals surface area contributed by atoms with E-state index in [2.05, 4.69) is 25.5 Å². The van der Waals surface area contributed by atoms with E-state index in [1.165, 1.54) is 25.6 Å². The number of hydrogen-bond acceptors (Lipinski definition) is 16. The fourth-order valence-corrected chi connectivity index (χ4v) is 9.22. The molecule has 0 saturated carbocycles. The third-order valence-electron chi connectivity index (χ3n) is 12.1. The largest absolute Gasteiger partial charge is 0.469 e. The van der Waals surface area contributed by atoms with Crippen LogP contribution in [0, 0.1) is 29.6 Å². The minimum atomic E-state index is -5.02. The van der Waals surface area contributed by atoms with Crippen molar-refractivity contribution in [2.24, 2.45) is 35.3 Å². The summed E-state index contributed by atoms with van der Waals surface area (Å²) in [6.07, 6.45) is -3.35. The van der Waals surface area contributed by atoms with Crippen LogP contribution in [0.5, 0.6) is 0 Å². The van der Waals surface area contributed by atoms with Crippen LogP contribution >= 0.6 is 19.6 Å². The molecule has 0 aliphatic heterocycles. The Morgan fingerprint density at radius 3 is 1.83 bits per heavy atom. The van der Waals surface area contributed by atoms with Gasteiger partial charge in [0.25, 0.3) is 0 Å². The van der Waals surface area contributed by atoms with Crippen molar-refractivity contribution in [2.75, 3.05) is 25.6 Å². The number of thioether (sulfide) groups is 1. The minimum Gasteiger partial charge on any atom is -0.396 e. The van der Waals surface area contributed by atoms with E-state index in [9.17, 15) is 63.3 Å². The molecule has 1 heterocycles. The van der Waals surface area contributed by atoms with Crippen LogP contribution in [0.4, 0.5) is 0 Å². The SMILES string of the molecule is CC(=O)[C@H](COP(=O)(O)O)CC(=O)[C@H](CO)NC(=O)[C@H](CO)CC(=O)[C@H](Cc1c[nH]c2ccccc12)NC(=O)[C@@H](CC(=O)[C@H](CSCc1ccccc1)NC(=O)[C@@H](CC(=O)[C@@H](N)[C@@H](C)O)CC(C)C)[C@@H](C)O. The Morgan fingerprint density at radius 2 is 1.25 bits per heavy atom. The smallest absolute Gasteiger partial charge is 0.396 e. The van der Waals surface area contributed by atoms with E-state index in [0.717, 1.165) is 12.5 Å². The van der Waals surface area contributed by atoms with Gasteiger partial charge in [-0.3, -0.25) is 42.9 Å². The second-order valence-corrected chi connectivity index (χ2v) is 20.8. The van der Waals surface area contributed by atoms with Gasteiger partial charge in [-0.1, -0.05) is 62.4 Å². The molecule has 72 heavy (non-hydrogen) atoms. The average molecular weight is 1050 g/mol. The molecular weight excluding hydrogens is 978 g/mol. The highest BCUT2D eigenvalue weighted by Crippen LogP contribution is 2.36. The molecule has 3 rings (SSSR count). The first-order valence-corrected chi connectivity index (χ1v) is 26.3. The number of fused-ring (bicyclic) bond motifs is 1. The number of aromatic nitrogens is 1. The molecule has 3 amide bonds. The quantitative estimate of drug-likeness (QED) is 0.0375. The van der Waals surface area contributed by atoms with Crippen molar-refractivity contribution in [3.8, 4) is 0 Å². The Morgan fingerprint density at radius 1 is 0.694 bits per heavy atom. The zero-order valence-corrected chi connectivity index (χ0v) is 42.8. The van der Waals surface area contributed by atoms with Crippen molar-refractivity contribution in [3.63, 3.8) is 0 Å². The van der Waals surface area contributed by atoms with Crippen LogP contribution in [0.3, 0.4) is 0 Å². The molecular formula is C49H70N5O16PS. The summed E-state index contributed by atoms with van der Waals surface area (Å²) in [4.78, 5) is 130. The number of aliphatic hydroxyl groups is 4. The van der Waals surface area contributed by atoms with Crippen molar-refractivity contribution in [1.82, 2.24) is 20.9 Å². The van der Waals surface area contributed by atoms with Gasteiger partial charge < -0.3 is 56.9 Å². The summed E-state index contributed by atoms with van der Waals surface area (Å²) in [6, 6.07) is 10.8. The predicted molar refractivity (Wildman–Crippen MR) is 266 cm³/mol. The molecule has 0 aliphatic rings. The molecule has 12 N–H and O–H groups in total. The van der Waals surface area contributed by atoms with Crippen molar-refractivity contribution in [3.05, 3.63) is 71.9 Å². The average Bonchev–Trinajstić information content (AvgIpc) is 3.73. The van der Waals surface area contributed by atoms with Gasteiger partial charge in [-0.2, -0.15) is 11.8 Å². The summed E-state index contributed by atoms with van der Waals surface area (Å²) < 4.78 is 15.6. The number of aromatic amines is 1. The van der Waals surface area contributed by atoms with E-state index in [1.807, 2.05) is 44.2 Å². The number of nitrogens with two attached hydrogens (primary N) is 1. The first-order chi connectivity index (χ1) is 33.8. The van der Waals surface area contributed by atoms with Gasteiger partial charge in [-0.15, -0.1) is 0 Å². The zero-order valence-electron chi connectivity index (χ0n) is 41.1. The van der Waals surface area contributed by atoms with Crippen LogP contribution in [-0.2, 0) is 59.6 Å². The van der Waals surface area contributed by atoms with Crippen LogP contribution < -0.4 is 21.7 Å². The lowest BCUT2D eigenvalue weighted by atomic mass is 9.88. The maximum Gasteiger partial charge on any atom is 0.469 e. The Labute approximate surface area is 422 Å². The number of nitrogens with one attached hydrogen (secondary N) is 4. The van der Waals surface area contributed by atoms with Gasteiger partial charge in [-0.25, -0.2) is 4.57 Å². The number of benzene rings is 2. The summed E-state index contributed by atoms with van der Waals surface area (Å²) in [5, 5.41) is 49.7. The molecule has 2 aromatic carbocycles. The molecule has 0 radical (unpaired) electrons. The highest BCUT2D eigenvalue weighted by molar-refractivity contribution is 7.98. The molecule has 21 nitrogen and oxygen atoms in total. The van der Waals surface area contributed by atoms with Gasteiger partial charge in [0, 0.05) is 72.5 Å². The standard InChI is InChI=1S/C49H70N5O16PS/c1-27(2)15-32(17-45(63)46(50)30(5)59)47(64)54-41(26-72-25-31-11-7-6-8-12-31)44(62)20-37(29(4)58)49(66)52-39(16-33-21-51-38-14-10-9-13-36(33)38)42(60)18-34(22-55)48(65)53-40(23-56)43(61)19-35(28(3)57)24-70-71(67,68)69/h6-14,21,27,29-30,32,34-35,37,39-41,46,51,55-56,58-59H,15-20,22-26,50H2,1-5H3,(H,52,66)(H,53,65)(H,54,64)(H2,67,68,69)/t29-,30-,32-,34+,35+,37+,39+,40+,41+,46+/m1/s1. The van der Waals surface area contributed by atoms with Gasteiger partial charge in [0.05, 0.1) is 62.0 Å². The number of para-hydroxylation sites is 1. The number of phosphoric ester groups is 1. The maximum absolute atomic E-state index is 14.3. The van der Waals surface area contributed by atoms with Crippen LogP contribution in [0.15, 0.2) is 60.8 Å². The van der Waals surface area contributed by atoms with Crippen LogP contribution in [-0.4, -0.2) is 144 Å². The van der Waals surface area contributed by atoms with Crippen molar-refractivity contribution >= 4 is 77.1 Å². The Kier molecular flexibility index (Phi) is 25.2. The summed E-state index contributed by atoms with van der Waals surface area (Å²) in [6.45, 7) is 4.59. The maximum atomic E-state index is 14.3. The highest BCUT2D eigenvalue weighted by Gasteiger charge is 2.37. The fraction of sp³-hybridized carbons (Fsp3) is 0.551. The van der Waals surface area contributed by atoms with E-state index >= 15 is 0 Å². The first-order valence-electron chi connectivity index (χ1n) is 23.6. The summed E-state index contributed by atoms with van der Waals surface area (Å²) in [7, 11) is -5.02. The number of rotatable bonds is 34. The van der Waals surface area contributed by atoms with Crippen molar-refractivity contribution in [1.29, 1.82) is 0 Å². The van der Waals surface area contributed by atoms with E-state index in [0.29, 0.717) is 22.2 Å². The van der Waals surface area contributed by atoms with E-state index < -0.39 is 154 Å². The number of carbonyl (C=O) groups excluding carboxylic acids is 8. The number of carbonyl (C=O) groups is 8. The van der Waals surface area contributed by atoms with Crippen LogP contribution in [0.1, 0.15) is 77.8 Å². The third-order valence-corrected chi connectivity index (χ3v) is 13.7. The molecule has 0 saturated heterocycles. The van der Waals surface area contributed by atoms with Crippen LogP contribution in [0.25, 0.3) is 10.9 Å². The lowest BCUT2D eigenvalue weighted by molar-refractivity contribution is -0.138. The van der Waals surface area contributed by atoms with E-state index in [1.54, 1.807) is 30.5 Å². The van der Waals surface area contributed by atoms with Gasteiger partial charge in [-0.05, 0) is 50.3 Å². The molecule has 3 aromatic rings. The molecule has 23 heteroatoms. The summed E-state index contributed by atoms with van der Waals surface area (Å²) >= 11 is 1.32. The predicted octanol–water partition coefficient (Wildman–Crippen LogP) is 1.22. The third kappa shape index (κ3) is 20.1. The molecule has 0 aliphatic carbocycles. The lowest BCUT2D eigenvalue weighted by Crippen LogP contribution is -2.51. The number of hydrogen-bond donors (Lipinski definition) is 11. The number of ketones is 5. The summed E-state index contributed by atoms with van der Waals surface area (Å²) in [5.74, 6) is -11.1. The van der Waals surface area contributed by atoms with Gasteiger partial charge >= 0.3 is 7.82 Å². The topological polar surface area (TPSA) is 362 Å². The monoisotopic (exact) mass is 1050 g/mol. The van der Waals surface area contributed by atoms with Crippen molar-refractivity contribution in [2.45, 2.75) is 115 Å². The molecule has 0 fully saturated rings. The van der Waals surface area contributed by atoms with E-state index in [4.69, 9.17) is 15.5 Å². The second-order valence-electron chi connectivity index (χ2n) is 18.5. The number of amides is 3. The first kappa shape index (κ1) is 61.3. The fourth-order valence-electron chi connectivity index (χ4n) is 7.79. The Hall–Kier alpha value is -5.00. The van der Waals surface area contributed by atoms with Gasteiger partial charge in [0.1, 0.15) is 11.8 Å². The summed E-state index contributed by atoms with van der Waals surface area (Å²) in [5.41, 5.74) is 8.07. The lowest BCUT2D eigenvalue weighted by Gasteiger charge is -2.27. The van der Waals surface area contributed by atoms with E-state index in [-0.39, 0.29) is 30.9 Å². The number of phosphoric acid groups is 1. The molecule has 1 aromatic heterocycles. The number of aliphatic hydroxyl groups excluding tert-OH is 4. The minimum absolute atomic E-state index is 0.0283. The zero-order chi connectivity index (χ0) is 53.9. The second kappa shape index (κ2) is 29.6. The van der Waals surface area contributed by atoms with Gasteiger partial charge in [0.2, 0.25) is 17.7 Å². The molecule has 0 spiro atoms. The molecule has 398 valence electrons.